The summed E-state index contributed by atoms with van der Waals surface area (Å²) in [6.07, 6.45) is 0. The predicted molar refractivity (Wildman–Crippen MR) is 112 cm³/mol. The van der Waals surface area contributed by atoms with E-state index in [1.54, 1.807) is 0 Å². The second kappa shape index (κ2) is 11.0. The first-order chi connectivity index (χ1) is 13.8. The Morgan fingerprint density at radius 2 is 1.54 bits per heavy atom. The van der Waals surface area contributed by atoms with Gasteiger partial charge in [-0.1, -0.05) is 60.7 Å². The Morgan fingerprint density at radius 1 is 0.964 bits per heavy atom. The smallest absolute Gasteiger partial charge is 0.246 e. The first-order valence-electron chi connectivity index (χ1n) is 10.2. The number of carbonyl (C=O) groups excluding carboxylic acids is 1. The van der Waals surface area contributed by atoms with E-state index in [4.69, 9.17) is 4.74 Å². The van der Waals surface area contributed by atoms with Gasteiger partial charge in [0.1, 0.15) is 6.61 Å². The summed E-state index contributed by atoms with van der Waals surface area (Å²) in [7, 11) is 0. The van der Waals surface area contributed by atoms with Crippen LogP contribution in [0, 0.1) is 0 Å². The number of nitrogens with zero attached hydrogens (tertiary/aromatic N) is 2. The summed E-state index contributed by atoms with van der Waals surface area (Å²) in [6, 6.07) is 21.8. The molecular weight excluding hydrogens is 350 g/mol. The largest absolute Gasteiger partial charge is 0.372 e. The summed E-state index contributed by atoms with van der Waals surface area (Å²) in [5.74, 6) is -0.0336. The van der Waals surface area contributed by atoms with Crippen molar-refractivity contribution in [2.75, 3.05) is 52.5 Å². The number of rotatable bonds is 9. The van der Waals surface area contributed by atoms with Crippen LogP contribution >= 0.6 is 0 Å². The maximum absolute atomic E-state index is 11.6. The van der Waals surface area contributed by atoms with Gasteiger partial charge >= 0.3 is 0 Å². The summed E-state index contributed by atoms with van der Waals surface area (Å²) in [6.45, 7) is 8.22. The van der Waals surface area contributed by atoms with Gasteiger partial charge in [-0.2, -0.15) is 0 Å². The van der Waals surface area contributed by atoms with Crippen molar-refractivity contribution in [1.82, 2.24) is 15.1 Å². The quantitative estimate of drug-likeness (QED) is 0.725. The predicted octanol–water partition coefficient (Wildman–Crippen LogP) is 2.55. The molecule has 0 atom stereocenters. The molecule has 0 bridgehead atoms. The molecular formula is C23H31N3O2. The lowest BCUT2D eigenvalue weighted by Gasteiger charge is -2.39. The van der Waals surface area contributed by atoms with Gasteiger partial charge in [-0.25, -0.2) is 0 Å². The fraction of sp³-hybridized carbons (Fsp3) is 0.435. The van der Waals surface area contributed by atoms with E-state index in [0.29, 0.717) is 13.2 Å². The summed E-state index contributed by atoms with van der Waals surface area (Å²) < 4.78 is 5.13. The van der Waals surface area contributed by atoms with Crippen LogP contribution in [0.1, 0.15) is 24.1 Å². The third-order valence-electron chi connectivity index (χ3n) is 5.19. The number of ether oxygens (including phenoxy) is 1. The Labute approximate surface area is 168 Å². The molecule has 1 amide bonds. The highest BCUT2D eigenvalue weighted by Gasteiger charge is 2.26. The molecule has 1 aliphatic heterocycles. The standard InChI is InChI=1S/C23H31N3O2/c1-2-28-19-22(27)24-13-14-25-15-17-26(18-16-25)23(20-9-5-3-6-10-20)21-11-7-4-8-12-21/h3-12,23H,2,13-19H2,1H3,(H,24,27). The fourth-order valence-corrected chi connectivity index (χ4v) is 3.73. The maximum Gasteiger partial charge on any atom is 0.246 e. The zero-order valence-electron chi connectivity index (χ0n) is 16.7. The van der Waals surface area contributed by atoms with Crippen molar-refractivity contribution in [3.8, 4) is 0 Å². The second-order valence-electron chi connectivity index (χ2n) is 7.09. The highest BCUT2D eigenvalue weighted by Crippen LogP contribution is 2.29. The molecule has 0 aromatic heterocycles. The summed E-state index contributed by atoms with van der Waals surface area (Å²) in [5, 5.41) is 2.93. The molecule has 1 N–H and O–H groups in total. The Kier molecular flexibility index (Phi) is 8.03. The average molecular weight is 382 g/mol. The van der Waals surface area contributed by atoms with Crippen LogP contribution in [-0.4, -0.2) is 68.2 Å². The molecule has 28 heavy (non-hydrogen) atoms. The normalized spacial score (nSPS) is 15.6. The van der Waals surface area contributed by atoms with Crippen LogP contribution in [0.15, 0.2) is 60.7 Å². The van der Waals surface area contributed by atoms with Gasteiger partial charge in [0.25, 0.3) is 0 Å². The second-order valence-corrected chi connectivity index (χ2v) is 7.09. The van der Waals surface area contributed by atoms with Crippen LogP contribution in [0.4, 0.5) is 0 Å². The summed E-state index contributed by atoms with van der Waals surface area (Å²) in [5.41, 5.74) is 2.68. The number of piperazine rings is 1. The minimum atomic E-state index is -0.0336. The number of benzene rings is 2. The lowest BCUT2D eigenvalue weighted by Crippen LogP contribution is -2.49. The first kappa shape index (κ1) is 20.5. The zero-order chi connectivity index (χ0) is 19.6. The maximum atomic E-state index is 11.6. The number of hydrogen-bond donors (Lipinski definition) is 1. The molecule has 0 unspecified atom stereocenters. The van der Waals surface area contributed by atoms with E-state index in [1.165, 1.54) is 11.1 Å². The SMILES string of the molecule is CCOCC(=O)NCCN1CCN(C(c2ccccc2)c2ccccc2)CC1. The van der Waals surface area contributed by atoms with Gasteiger partial charge in [-0.15, -0.1) is 0 Å². The molecule has 5 nitrogen and oxygen atoms in total. The number of amides is 1. The van der Waals surface area contributed by atoms with E-state index < -0.39 is 0 Å². The van der Waals surface area contributed by atoms with Crippen LogP contribution in [0.25, 0.3) is 0 Å². The van der Waals surface area contributed by atoms with Crippen molar-refractivity contribution in [3.63, 3.8) is 0 Å². The summed E-state index contributed by atoms with van der Waals surface area (Å²) in [4.78, 5) is 16.6. The van der Waals surface area contributed by atoms with E-state index >= 15 is 0 Å². The Balaban J connectivity index is 1.54. The van der Waals surface area contributed by atoms with Crippen molar-refractivity contribution >= 4 is 5.91 Å². The molecule has 0 spiro atoms. The zero-order valence-corrected chi connectivity index (χ0v) is 16.7. The minimum absolute atomic E-state index is 0.0336. The van der Waals surface area contributed by atoms with Crippen molar-refractivity contribution in [3.05, 3.63) is 71.8 Å². The van der Waals surface area contributed by atoms with Crippen LogP contribution < -0.4 is 5.32 Å². The lowest BCUT2D eigenvalue weighted by atomic mass is 9.96. The molecule has 1 aliphatic rings. The van der Waals surface area contributed by atoms with E-state index in [0.717, 1.165) is 32.7 Å². The number of carbonyl (C=O) groups is 1. The number of nitrogens with one attached hydrogen (secondary N) is 1. The van der Waals surface area contributed by atoms with Crippen molar-refractivity contribution in [2.45, 2.75) is 13.0 Å². The van der Waals surface area contributed by atoms with Gasteiger partial charge in [0.05, 0.1) is 6.04 Å². The van der Waals surface area contributed by atoms with Gasteiger partial charge in [-0.05, 0) is 18.1 Å². The molecule has 1 heterocycles. The monoisotopic (exact) mass is 381 g/mol. The van der Waals surface area contributed by atoms with Gasteiger partial charge in [-0.3, -0.25) is 14.6 Å². The fourth-order valence-electron chi connectivity index (χ4n) is 3.73. The van der Waals surface area contributed by atoms with Gasteiger partial charge in [0, 0.05) is 45.9 Å². The average Bonchev–Trinajstić information content (AvgIpc) is 2.75. The van der Waals surface area contributed by atoms with E-state index in [1.807, 2.05) is 6.92 Å². The molecule has 2 aromatic carbocycles. The van der Waals surface area contributed by atoms with Crippen molar-refractivity contribution < 1.29 is 9.53 Å². The third kappa shape index (κ3) is 5.89. The molecule has 1 fully saturated rings. The molecule has 3 rings (SSSR count). The van der Waals surface area contributed by atoms with Crippen LogP contribution in [0.3, 0.4) is 0 Å². The Bertz CT molecular complexity index is 661. The number of hydrogen-bond acceptors (Lipinski definition) is 4. The third-order valence-corrected chi connectivity index (χ3v) is 5.19. The molecule has 5 heteroatoms. The van der Waals surface area contributed by atoms with Crippen LogP contribution in [-0.2, 0) is 9.53 Å². The van der Waals surface area contributed by atoms with Crippen LogP contribution in [0.2, 0.25) is 0 Å². The topological polar surface area (TPSA) is 44.8 Å². The Hall–Kier alpha value is -2.21. The Morgan fingerprint density at radius 3 is 2.07 bits per heavy atom. The molecule has 0 saturated carbocycles. The van der Waals surface area contributed by atoms with E-state index in [2.05, 4.69) is 75.8 Å². The van der Waals surface area contributed by atoms with Crippen molar-refractivity contribution in [1.29, 1.82) is 0 Å². The molecule has 0 aliphatic carbocycles. The van der Waals surface area contributed by atoms with E-state index in [9.17, 15) is 4.79 Å². The van der Waals surface area contributed by atoms with Gasteiger partial charge in [0.15, 0.2) is 0 Å². The molecule has 1 saturated heterocycles. The van der Waals surface area contributed by atoms with Crippen molar-refractivity contribution in [2.24, 2.45) is 0 Å². The first-order valence-corrected chi connectivity index (χ1v) is 10.2. The van der Waals surface area contributed by atoms with Gasteiger partial charge in [0.2, 0.25) is 5.91 Å². The minimum Gasteiger partial charge on any atom is -0.372 e. The van der Waals surface area contributed by atoms with E-state index in [-0.39, 0.29) is 18.6 Å². The van der Waals surface area contributed by atoms with Crippen LogP contribution in [0.5, 0.6) is 0 Å². The lowest BCUT2D eigenvalue weighted by molar-refractivity contribution is -0.125. The highest BCUT2D eigenvalue weighted by molar-refractivity contribution is 5.77. The molecule has 2 aromatic rings. The highest BCUT2D eigenvalue weighted by atomic mass is 16.5. The van der Waals surface area contributed by atoms with Gasteiger partial charge < -0.3 is 10.1 Å². The molecule has 0 radical (unpaired) electrons. The summed E-state index contributed by atoms with van der Waals surface area (Å²) >= 11 is 0. The molecule has 150 valence electrons.